The zero-order valence-corrected chi connectivity index (χ0v) is 19.2. The number of aryl methyl sites for hydroxylation is 1. The van der Waals surface area contributed by atoms with Gasteiger partial charge in [0, 0.05) is 44.9 Å². The minimum Gasteiger partial charge on any atom is -0.333 e. The van der Waals surface area contributed by atoms with Crippen LogP contribution in [-0.4, -0.2) is 53.7 Å². The summed E-state index contributed by atoms with van der Waals surface area (Å²) in [5.74, 6) is -0.677. The minimum absolute atomic E-state index is 0.0478. The number of anilines is 2. The molecule has 0 aromatic heterocycles. The highest BCUT2D eigenvalue weighted by molar-refractivity contribution is 5.94. The van der Waals surface area contributed by atoms with Crippen LogP contribution in [0.3, 0.4) is 0 Å². The zero-order valence-electron chi connectivity index (χ0n) is 19.2. The highest BCUT2D eigenvalue weighted by atomic mass is 19.4. The molecule has 7 nitrogen and oxygen atoms in total. The van der Waals surface area contributed by atoms with E-state index in [1.54, 1.807) is 23.1 Å². The van der Waals surface area contributed by atoms with E-state index >= 15 is 0 Å². The molecule has 34 heavy (non-hydrogen) atoms. The molecule has 2 N–H and O–H groups in total. The summed E-state index contributed by atoms with van der Waals surface area (Å²) in [7, 11) is 0. The van der Waals surface area contributed by atoms with Crippen molar-refractivity contribution >= 4 is 29.1 Å². The Kier molecular flexibility index (Phi) is 7.61. The van der Waals surface area contributed by atoms with Crippen molar-refractivity contribution in [2.24, 2.45) is 0 Å². The fourth-order valence-corrected chi connectivity index (χ4v) is 3.97. The van der Waals surface area contributed by atoms with Crippen LogP contribution in [-0.2, 0) is 20.6 Å². The second-order valence-corrected chi connectivity index (χ2v) is 8.34. The molecule has 0 saturated carbocycles. The van der Waals surface area contributed by atoms with Gasteiger partial charge in [-0.3, -0.25) is 19.3 Å². The van der Waals surface area contributed by atoms with E-state index in [9.17, 15) is 27.6 Å². The number of carbonyl (C=O) groups excluding carboxylic acids is 3. The zero-order chi connectivity index (χ0) is 25.0. The normalized spacial score (nSPS) is 16.8. The molecular formula is C24H27F3N4O3. The minimum atomic E-state index is -4.44. The van der Waals surface area contributed by atoms with Crippen molar-refractivity contribution in [1.82, 2.24) is 9.80 Å². The van der Waals surface area contributed by atoms with Gasteiger partial charge < -0.3 is 15.5 Å². The molecule has 2 aromatic rings. The Balaban J connectivity index is 1.69. The molecule has 3 rings (SSSR count). The molecule has 10 heteroatoms. The second-order valence-electron chi connectivity index (χ2n) is 8.34. The van der Waals surface area contributed by atoms with Gasteiger partial charge in [-0.05, 0) is 42.3 Å². The SMILES string of the molecule is CC(=O)Nc1cc(NC(=O)CN2CCN(C(C)=O)[C@H](c3ccc(C(F)(F)F)cc3)C2)ccc1C. The number of nitrogens with one attached hydrogen (secondary N) is 2. The highest BCUT2D eigenvalue weighted by Crippen LogP contribution is 2.32. The van der Waals surface area contributed by atoms with Gasteiger partial charge in [0.05, 0.1) is 18.2 Å². The van der Waals surface area contributed by atoms with Gasteiger partial charge in [-0.2, -0.15) is 13.2 Å². The summed E-state index contributed by atoms with van der Waals surface area (Å²) in [6, 6.07) is 9.49. The first-order valence-corrected chi connectivity index (χ1v) is 10.8. The van der Waals surface area contributed by atoms with Crippen LogP contribution in [0.4, 0.5) is 24.5 Å². The summed E-state index contributed by atoms with van der Waals surface area (Å²) in [5.41, 5.74) is 1.80. The van der Waals surface area contributed by atoms with E-state index in [0.29, 0.717) is 36.6 Å². The van der Waals surface area contributed by atoms with Crippen molar-refractivity contribution in [3.63, 3.8) is 0 Å². The Morgan fingerprint density at radius 3 is 2.26 bits per heavy atom. The molecule has 1 atom stereocenters. The number of rotatable bonds is 5. The summed E-state index contributed by atoms with van der Waals surface area (Å²) < 4.78 is 38.8. The number of hydrogen-bond acceptors (Lipinski definition) is 4. The van der Waals surface area contributed by atoms with E-state index in [-0.39, 0.29) is 24.3 Å². The summed E-state index contributed by atoms with van der Waals surface area (Å²) in [6.45, 7) is 5.82. The van der Waals surface area contributed by atoms with E-state index in [1.807, 2.05) is 11.8 Å². The van der Waals surface area contributed by atoms with E-state index in [4.69, 9.17) is 0 Å². The molecule has 1 aliphatic heterocycles. The van der Waals surface area contributed by atoms with Gasteiger partial charge in [0.2, 0.25) is 17.7 Å². The monoisotopic (exact) mass is 476 g/mol. The summed E-state index contributed by atoms with van der Waals surface area (Å²) in [5, 5.41) is 5.52. The van der Waals surface area contributed by atoms with Crippen LogP contribution >= 0.6 is 0 Å². The second kappa shape index (κ2) is 10.3. The molecule has 0 spiro atoms. The van der Waals surface area contributed by atoms with Gasteiger partial charge in [0.1, 0.15) is 0 Å². The summed E-state index contributed by atoms with van der Waals surface area (Å²) in [6.07, 6.45) is -4.44. The fourth-order valence-electron chi connectivity index (χ4n) is 3.97. The van der Waals surface area contributed by atoms with E-state index in [1.165, 1.54) is 26.0 Å². The van der Waals surface area contributed by atoms with Crippen LogP contribution in [0.1, 0.15) is 36.6 Å². The molecule has 0 aliphatic carbocycles. The van der Waals surface area contributed by atoms with E-state index < -0.39 is 17.8 Å². The Hall–Kier alpha value is -3.40. The topological polar surface area (TPSA) is 81.8 Å². The van der Waals surface area contributed by atoms with Crippen molar-refractivity contribution in [3.8, 4) is 0 Å². The molecule has 1 fully saturated rings. The largest absolute Gasteiger partial charge is 0.416 e. The van der Waals surface area contributed by atoms with Gasteiger partial charge >= 0.3 is 6.18 Å². The van der Waals surface area contributed by atoms with Gasteiger partial charge in [0.25, 0.3) is 0 Å². The molecule has 0 bridgehead atoms. The number of alkyl halides is 3. The van der Waals surface area contributed by atoms with Crippen LogP contribution in [0.25, 0.3) is 0 Å². The number of halogens is 3. The standard InChI is InChI=1S/C24H27F3N4O3/c1-15-4-9-20(12-21(15)28-16(2)32)29-23(34)14-30-10-11-31(17(3)33)22(13-30)18-5-7-19(8-6-18)24(25,26)27/h4-9,12,22H,10-11,13-14H2,1-3H3,(H,28,32)(H,29,34)/t22-/m0/s1. The average Bonchev–Trinajstić information content (AvgIpc) is 2.75. The van der Waals surface area contributed by atoms with E-state index in [2.05, 4.69) is 10.6 Å². The van der Waals surface area contributed by atoms with E-state index in [0.717, 1.165) is 17.7 Å². The number of benzene rings is 2. The van der Waals surface area contributed by atoms with Crippen LogP contribution in [0, 0.1) is 6.92 Å². The van der Waals surface area contributed by atoms with Crippen LogP contribution in [0.2, 0.25) is 0 Å². The Morgan fingerprint density at radius 2 is 1.68 bits per heavy atom. The smallest absolute Gasteiger partial charge is 0.333 e. The van der Waals surface area contributed by atoms with Crippen molar-refractivity contribution in [2.45, 2.75) is 33.0 Å². The number of hydrogen-bond donors (Lipinski definition) is 2. The fraction of sp³-hybridized carbons (Fsp3) is 0.375. The van der Waals surface area contributed by atoms with Crippen LogP contribution in [0.15, 0.2) is 42.5 Å². The molecule has 2 aromatic carbocycles. The lowest BCUT2D eigenvalue weighted by atomic mass is 10.0. The molecule has 0 unspecified atom stereocenters. The maximum Gasteiger partial charge on any atom is 0.416 e. The Labute approximate surface area is 195 Å². The van der Waals surface area contributed by atoms with Gasteiger partial charge in [-0.1, -0.05) is 18.2 Å². The van der Waals surface area contributed by atoms with Crippen molar-refractivity contribution in [1.29, 1.82) is 0 Å². The Bertz CT molecular complexity index is 1070. The Morgan fingerprint density at radius 1 is 1.00 bits per heavy atom. The predicted octanol–water partition coefficient (Wildman–Crippen LogP) is 3.82. The first-order chi connectivity index (χ1) is 15.9. The first-order valence-electron chi connectivity index (χ1n) is 10.8. The number of amides is 3. The lowest BCUT2D eigenvalue weighted by molar-refractivity contribution is -0.138. The van der Waals surface area contributed by atoms with Gasteiger partial charge in [0.15, 0.2) is 0 Å². The third-order valence-corrected chi connectivity index (χ3v) is 5.69. The van der Waals surface area contributed by atoms with Gasteiger partial charge in [-0.15, -0.1) is 0 Å². The average molecular weight is 476 g/mol. The van der Waals surface area contributed by atoms with Crippen molar-refractivity contribution in [2.75, 3.05) is 36.8 Å². The lowest BCUT2D eigenvalue weighted by Gasteiger charge is -2.41. The molecule has 1 saturated heterocycles. The number of carbonyl (C=O) groups is 3. The molecular weight excluding hydrogens is 449 g/mol. The maximum atomic E-state index is 12.9. The summed E-state index contributed by atoms with van der Waals surface area (Å²) in [4.78, 5) is 39.6. The molecule has 1 aliphatic rings. The molecule has 0 radical (unpaired) electrons. The summed E-state index contributed by atoms with van der Waals surface area (Å²) >= 11 is 0. The van der Waals surface area contributed by atoms with Crippen LogP contribution < -0.4 is 10.6 Å². The van der Waals surface area contributed by atoms with Crippen molar-refractivity contribution < 1.29 is 27.6 Å². The number of piperazine rings is 1. The lowest BCUT2D eigenvalue weighted by Crippen LogP contribution is -2.51. The molecule has 182 valence electrons. The molecule has 3 amide bonds. The number of nitrogens with zero attached hydrogens (tertiary/aromatic N) is 2. The quantitative estimate of drug-likeness (QED) is 0.688. The highest BCUT2D eigenvalue weighted by Gasteiger charge is 2.33. The third-order valence-electron chi connectivity index (χ3n) is 5.69. The predicted molar refractivity (Wildman–Crippen MR) is 122 cm³/mol. The van der Waals surface area contributed by atoms with Gasteiger partial charge in [-0.25, -0.2) is 0 Å². The molecule has 1 heterocycles. The third kappa shape index (κ3) is 6.34. The van der Waals surface area contributed by atoms with Crippen LogP contribution in [0.5, 0.6) is 0 Å². The first kappa shape index (κ1) is 25.2. The maximum absolute atomic E-state index is 12.9. The van der Waals surface area contributed by atoms with Crippen molar-refractivity contribution in [3.05, 3.63) is 59.2 Å².